The molecule has 4 N–H and O–H groups in total. The summed E-state index contributed by atoms with van der Waals surface area (Å²) in [4.78, 5) is 22.5. The number of hydrogen-bond acceptors (Lipinski definition) is 3. The second-order valence-corrected chi connectivity index (χ2v) is 3.30. The molecule has 0 aliphatic carbocycles. The fourth-order valence-corrected chi connectivity index (χ4v) is 1.22. The number of amides is 2. The lowest BCUT2D eigenvalue weighted by molar-refractivity contribution is 0.0954. The van der Waals surface area contributed by atoms with Crippen molar-refractivity contribution in [3.05, 3.63) is 35.4 Å². The van der Waals surface area contributed by atoms with Crippen LogP contribution in [0.25, 0.3) is 0 Å². The van der Waals surface area contributed by atoms with Crippen LogP contribution in [-0.4, -0.2) is 32.0 Å². The Morgan fingerprint density at radius 2 is 1.94 bits per heavy atom. The number of likely N-dealkylation sites (N-methyl/N-ethyl adjacent to an activating group) is 1. The van der Waals surface area contributed by atoms with Crippen LogP contribution in [0.2, 0.25) is 0 Å². The van der Waals surface area contributed by atoms with Gasteiger partial charge >= 0.3 is 0 Å². The molecule has 0 saturated heterocycles. The molecule has 0 saturated carbocycles. The van der Waals surface area contributed by atoms with Crippen LogP contribution in [0.3, 0.4) is 0 Å². The van der Waals surface area contributed by atoms with E-state index in [9.17, 15) is 9.59 Å². The minimum absolute atomic E-state index is 0.210. The molecule has 0 aromatic heterocycles. The lowest BCUT2D eigenvalue weighted by Crippen LogP contribution is -2.30. The zero-order chi connectivity index (χ0) is 12.0. The first-order valence-electron chi connectivity index (χ1n) is 4.98. The molecule has 1 rings (SSSR count). The maximum atomic E-state index is 11.6. The lowest BCUT2D eigenvalue weighted by Gasteiger charge is -2.05. The Kier molecular flexibility index (Phi) is 4.47. The topological polar surface area (TPSA) is 84.2 Å². The van der Waals surface area contributed by atoms with E-state index in [2.05, 4.69) is 10.6 Å². The number of nitrogens with one attached hydrogen (secondary N) is 2. The van der Waals surface area contributed by atoms with Gasteiger partial charge in [0, 0.05) is 24.2 Å². The Balaban J connectivity index is 2.68. The van der Waals surface area contributed by atoms with Gasteiger partial charge in [0.25, 0.3) is 5.91 Å². The fourth-order valence-electron chi connectivity index (χ4n) is 1.22. The van der Waals surface area contributed by atoms with Crippen molar-refractivity contribution >= 4 is 11.8 Å². The molecule has 1 aromatic rings. The Morgan fingerprint density at radius 1 is 1.25 bits per heavy atom. The van der Waals surface area contributed by atoms with Crippen LogP contribution in [0.15, 0.2) is 24.3 Å². The van der Waals surface area contributed by atoms with Crippen LogP contribution in [0.4, 0.5) is 0 Å². The van der Waals surface area contributed by atoms with Crippen LogP contribution < -0.4 is 16.4 Å². The largest absolute Gasteiger partial charge is 0.366 e. The highest BCUT2D eigenvalue weighted by Gasteiger charge is 2.07. The predicted molar refractivity (Wildman–Crippen MR) is 61.2 cm³/mol. The van der Waals surface area contributed by atoms with Crippen LogP contribution >= 0.6 is 0 Å². The maximum absolute atomic E-state index is 11.6. The second kappa shape index (κ2) is 5.87. The first kappa shape index (κ1) is 12.2. The molecule has 0 atom stereocenters. The van der Waals surface area contributed by atoms with Crippen molar-refractivity contribution < 1.29 is 9.59 Å². The van der Waals surface area contributed by atoms with E-state index in [1.165, 1.54) is 6.07 Å². The smallest absolute Gasteiger partial charge is 0.251 e. The van der Waals surface area contributed by atoms with Crippen molar-refractivity contribution in [3.63, 3.8) is 0 Å². The summed E-state index contributed by atoms with van der Waals surface area (Å²) in [5.74, 6) is -0.747. The number of carbonyl (C=O) groups excluding carboxylic acids is 2. The van der Waals surface area contributed by atoms with Crippen LogP contribution in [0.1, 0.15) is 20.7 Å². The molecule has 0 heterocycles. The molecule has 0 radical (unpaired) electrons. The van der Waals surface area contributed by atoms with Gasteiger partial charge in [0.2, 0.25) is 5.91 Å². The molecule has 0 spiro atoms. The van der Waals surface area contributed by atoms with Crippen molar-refractivity contribution in [3.8, 4) is 0 Å². The average molecular weight is 221 g/mol. The Labute approximate surface area is 94.0 Å². The van der Waals surface area contributed by atoms with Gasteiger partial charge in [-0.25, -0.2) is 0 Å². The van der Waals surface area contributed by atoms with Crippen molar-refractivity contribution in [2.24, 2.45) is 5.73 Å². The van der Waals surface area contributed by atoms with E-state index < -0.39 is 5.91 Å². The van der Waals surface area contributed by atoms with Gasteiger partial charge in [-0.3, -0.25) is 9.59 Å². The van der Waals surface area contributed by atoms with E-state index in [-0.39, 0.29) is 5.91 Å². The number of primary amides is 1. The minimum atomic E-state index is -0.537. The van der Waals surface area contributed by atoms with E-state index in [0.717, 1.165) is 0 Å². The summed E-state index contributed by atoms with van der Waals surface area (Å²) in [6, 6.07) is 6.33. The van der Waals surface area contributed by atoms with Gasteiger partial charge in [-0.15, -0.1) is 0 Å². The molecule has 86 valence electrons. The summed E-state index contributed by atoms with van der Waals surface area (Å²) in [5.41, 5.74) is 5.90. The molecule has 0 bridgehead atoms. The van der Waals surface area contributed by atoms with E-state index >= 15 is 0 Å². The number of nitrogens with two attached hydrogens (primary N) is 1. The highest BCUT2D eigenvalue weighted by atomic mass is 16.2. The SMILES string of the molecule is CNCCNC(=O)c1cccc(C(N)=O)c1. The van der Waals surface area contributed by atoms with Crippen molar-refractivity contribution in [1.82, 2.24) is 10.6 Å². The minimum Gasteiger partial charge on any atom is -0.366 e. The third kappa shape index (κ3) is 3.36. The molecular weight excluding hydrogens is 206 g/mol. The maximum Gasteiger partial charge on any atom is 0.251 e. The first-order chi connectivity index (χ1) is 7.65. The predicted octanol–water partition coefficient (Wildman–Crippen LogP) is -0.265. The highest BCUT2D eigenvalue weighted by Crippen LogP contribution is 2.04. The van der Waals surface area contributed by atoms with Crippen molar-refractivity contribution in [2.75, 3.05) is 20.1 Å². The molecule has 16 heavy (non-hydrogen) atoms. The van der Waals surface area contributed by atoms with E-state index in [1.807, 2.05) is 0 Å². The van der Waals surface area contributed by atoms with Gasteiger partial charge in [0.1, 0.15) is 0 Å². The van der Waals surface area contributed by atoms with Gasteiger partial charge in [0.05, 0.1) is 0 Å². The van der Waals surface area contributed by atoms with E-state index in [0.29, 0.717) is 24.2 Å². The van der Waals surface area contributed by atoms with Crippen LogP contribution in [0.5, 0.6) is 0 Å². The molecule has 5 heteroatoms. The molecule has 2 amide bonds. The standard InChI is InChI=1S/C11H15N3O2/c1-13-5-6-14-11(16)9-4-2-3-8(7-9)10(12)15/h2-4,7,13H,5-6H2,1H3,(H2,12,15)(H,14,16). The van der Waals surface area contributed by atoms with Crippen molar-refractivity contribution in [2.45, 2.75) is 0 Å². The molecule has 0 fully saturated rings. The average Bonchev–Trinajstić information content (AvgIpc) is 2.29. The number of benzene rings is 1. The summed E-state index contributed by atoms with van der Waals surface area (Å²) in [6.07, 6.45) is 0. The van der Waals surface area contributed by atoms with Crippen molar-refractivity contribution in [1.29, 1.82) is 0 Å². The summed E-state index contributed by atoms with van der Waals surface area (Å²) < 4.78 is 0. The van der Waals surface area contributed by atoms with Gasteiger partial charge in [0.15, 0.2) is 0 Å². The lowest BCUT2D eigenvalue weighted by atomic mass is 10.1. The summed E-state index contributed by atoms with van der Waals surface area (Å²) >= 11 is 0. The zero-order valence-corrected chi connectivity index (χ0v) is 9.12. The first-order valence-corrected chi connectivity index (χ1v) is 4.98. The molecule has 0 aliphatic rings. The van der Waals surface area contributed by atoms with Gasteiger partial charge < -0.3 is 16.4 Å². The molecule has 0 unspecified atom stereocenters. The van der Waals surface area contributed by atoms with Gasteiger partial charge in [-0.2, -0.15) is 0 Å². The summed E-state index contributed by atoms with van der Waals surface area (Å²) in [6.45, 7) is 1.23. The number of rotatable bonds is 5. The van der Waals surface area contributed by atoms with E-state index in [4.69, 9.17) is 5.73 Å². The Bertz CT molecular complexity index is 391. The Hall–Kier alpha value is -1.88. The zero-order valence-electron chi connectivity index (χ0n) is 9.12. The third-order valence-corrected chi connectivity index (χ3v) is 2.07. The van der Waals surface area contributed by atoms with Crippen LogP contribution in [0, 0.1) is 0 Å². The van der Waals surface area contributed by atoms with Gasteiger partial charge in [-0.1, -0.05) is 6.07 Å². The fraction of sp³-hybridized carbons (Fsp3) is 0.273. The summed E-state index contributed by atoms with van der Waals surface area (Å²) in [5, 5.41) is 5.63. The molecule has 1 aromatic carbocycles. The quantitative estimate of drug-likeness (QED) is 0.599. The van der Waals surface area contributed by atoms with Gasteiger partial charge in [-0.05, 0) is 25.2 Å². The van der Waals surface area contributed by atoms with Crippen LogP contribution in [-0.2, 0) is 0 Å². The normalized spacial score (nSPS) is 9.81. The van der Waals surface area contributed by atoms with E-state index in [1.54, 1.807) is 25.2 Å². The molecule has 5 nitrogen and oxygen atoms in total. The highest BCUT2D eigenvalue weighted by molar-refractivity contribution is 5.99. The summed E-state index contributed by atoms with van der Waals surface area (Å²) in [7, 11) is 1.81. The second-order valence-electron chi connectivity index (χ2n) is 3.30. The Morgan fingerprint density at radius 3 is 2.56 bits per heavy atom. The monoisotopic (exact) mass is 221 g/mol. The molecule has 0 aliphatic heterocycles. The third-order valence-electron chi connectivity index (χ3n) is 2.07. The number of carbonyl (C=O) groups is 2. The molecular formula is C11H15N3O2. The number of hydrogen-bond donors (Lipinski definition) is 3.